The first kappa shape index (κ1) is 22.7. The minimum absolute atomic E-state index is 0.0615. The Morgan fingerprint density at radius 1 is 0.526 bits per heavy atom. The molecule has 2 aliphatic rings. The van der Waals surface area contributed by atoms with E-state index in [1.165, 1.54) is 32.7 Å². The molecule has 2 aliphatic heterocycles. The van der Waals surface area contributed by atoms with Crippen molar-refractivity contribution in [3.05, 3.63) is 126 Å². The minimum Gasteiger partial charge on any atom is -0.474 e. The summed E-state index contributed by atoms with van der Waals surface area (Å²) in [5.41, 5.74) is 4.00. The standard InChI is InChI=1S/C33H27N3O2/c1-3-14-28-22(8-1)10-5-12-24(28)18-26-20-37-32(34-26)30-16-7-17-31(36-30)33-35-27(21-38-33)19-25-13-6-11-23-9-2-4-15-29(23)25/h1-17,26-27H,18-21H2/t26-,27-/m0/s1. The number of ether oxygens (including phenoxy) is 2. The van der Waals surface area contributed by atoms with Crippen molar-refractivity contribution in [1.29, 1.82) is 0 Å². The zero-order valence-corrected chi connectivity index (χ0v) is 21.0. The summed E-state index contributed by atoms with van der Waals surface area (Å²) in [6, 6.07) is 35.8. The van der Waals surface area contributed by atoms with E-state index in [1.807, 2.05) is 18.2 Å². The third-order valence-corrected chi connectivity index (χ3v) is 7.28. The van der Waals surface area contributed by atoms with Crippen molar-refractivity contribution < 1.29 is 9.47 Å². The summed E-state index contributed by atoms with van der Waals surface area (Å²) in [6.45, 7) is 1.10. The van der Waals surface area contributed by atoms with Crippen molar-refractivity contribution in [2.45, 2.75) is 24.9 Å². The average molecular weight is 498 g/mol. The quantitative estimate of drug-likeness (QED) is 0.282. The zero-order chi connectivity index (χ0) is 25.3. The molecule has 0 unspecified atom stereocenters. The molecule has 5 nitrogen and oxygen atoms in total. The molecule has 7 rings (SSSR count). The molecular formula is C33H27N3O2. The second-order valence-corrected chi connectivity index (χ2v) is 9.89. The van der Waals surface area contributed by atoms with Gasteiger partial charge in [0.25, 0.3) is 0 Å². The number of fused-ring (bicyclic) bond motifs is 2. The van der Waals surface area contributed by atoms with Gasteiger partial charge in [0, 0.05) is 0 Å². The normalized spacial score (nSPS) is 18.7. The Labute approximate surface area is 221 Å². The van der Waals surface area contributed by atoms with Crippen LogP contribution in [0, 0.1) is 0 Å². The van der Waals surface area contributed by atoms with Crippen molar-refractivity contribution >= 4 is 33.3 Å². The third-order valence-electron chi connectivity index (χ3n) is 7.28. The van der Waals surface area contributed by atoms with E-state index < -0.39 is 0 Å². The molecule has 0 radical (unpaired) electrons. The lowest BCUT2D eigenvalue weighted by molar-refractivity contribution is 0.314. The maximum absolute atomic E-state index is 6.00. The van der Waals surface area contributed by atoms with Crippen LogP contribution < -0.4 is 0 Å². The molecule has 0 saturated heterocycles. The van der Waals surface area contributed by atoms with Gasteiger partial charge in [0.15, 0.2) is 0 Å². The van der Waals surface area contributed by atoms with Gasteiger partial charge in [-0.2, -0.15) is 0 Å². The number of nitrogens with zero attached hydrogens (tertiary/aromatic N) is 3. The molecule has 4 aromatic carbocycles. The fraction of sp³-hybridized carbons (Fsp3) is 0.182. The molecule has 2 atom stereocenters. The molecule has 0 aliphatic carbocycles. The van der Waals surface area contributed by atoms with Crippen LogP contribution in [-0.4, -0.2) is 42.1 Å². The summed E-state index contributed by atoms with van der Waals surface area (Å²) in [7, 11) is 0. The maximum atomic E-state index is 6.00. The molecule has 38 heavy (non-hydrogen) atoms. The van der Waals surface area contributed by atoms with Crippen molar-refractivity contribution in [3.63, 3.8) is 0 Å². The Morgan fingerprint density at radius 3 is 1.50 bits per heavy atom. The van der Waals surface area contributed by atoms with Crippen LogP contribution in [0.3, 0.4) is 0 Å². The number of rotatable bonds is 6. The average Bonchev–Trinajstić information content (AvgIpc) is 3.64. The zero-order valence-electron chi connectivity index (χ0n) is 21.0. The third kappa shape index (κ3) is 4.41. The minimum atomic E-state index is 0.0615. The Kier molecular flexibility index (Phi) is 5.82. The molecule has 5 aromatic rings. The molecule has 5 heteroatoms. The Morgan fingerprint density at radius 2 is 0.974 bits per heavy atom. The van der Waals surface area contributed by atoms with E-state index in [1.54, 1.807) is 0 Å². The molecular weight excluding hydrogens is 470 g/mol. The van der Waals surface area contributed by atoms with Gasteiger partial charge in [-0.3, -0.25) is 0 Å². The number of aliphatic imine (C=N–C) groups is 2. The number of pyridine rings is 1. The highest BCUT2D eigenvalue weighted by Crippen LogP contribution is 2.24. The van der Waals surface area contributed by atoms with Crippen molar-refractivity contribution in [2.75, 3.05) is 13.2 Å². The van der Waals surface area contributed by atoms with E-state index in [2.05, 4.69) is 84.9 Å². The largest absolute Gasteiger partial charge is 0.474 e. The van der Waals surface area contributed by atoms with Gasteiger partial charge in [-0.15, -0.1) is 0 Å². The van der Waals surface area contributed by atoms with Crippen molar-refractivity contribution in [1.82, 2.24) is 4.98 Å². The van der Waals surface area contributed by atoms with Crippen LogP contribution in [0.1, 0.15) is 22.5 Å². The van der Waals surface area contributed by atoms with E-state index in [0.29, 0.717) is 36.4 Å². The van der Waals surface area contributed by atoms with E-state index in [9.17, 15) is 0 Å². The van der Waals surface area contributed by atoms with Crippen LogP contribution in [-0.2, 0) is 22.3 Å². The molecule has 1 aromatic heterocycles. The topological polar surface area (TPSA) is 56.1 Å². The highest BCUT2D eigenvalue weighted by atomic mass is 16.5. The maximum Gasteiger partial charge on any atom is 0.235 e. The van der Waals surface area contributed by atoms with Gasteiger partial charge < -0.3 is 9.47 Å². The summed E-state index contributed by atoms with van der Waals surface area (Å²) < 4.78 is 12.0. The van der Waals surface area contributed by atoms with Gasteiger partial charge in [-0.25, -0.2) is 15.0 Å². The van der Waals surface area contributed by atoms with Crippen molar-refractivity contribution in [3.8, 4) is 0 Å². The fourth-order valence-electron chi connectivity index (χ4n) is 5.44. The van der Waals surface area contributed by atoms with Crippen LogP contribution in [0.2, 0.25) is 0 Å². The number of hydrogen-bond acceptors (Lipinski definition) is 5. The SMILES string of the molecule is c1cc(C2=N[C@@H](Cc3cccc4ccccc34)CO2)nc(C2=N[C@@H](Cc3cccc4ccccc34)CO2)c1. The lowest BCUT2D eigenvalue weighted by Gasteiger charge is -2.08. The number of benzene rings is 4. The van der Waals surface area contributed by atoms with Gasteiger partial charge in [-0.05, 0) is 57.6 Å². The Hall–Kier alpha value is -4.51. The first-order chi connectivity index (χ1) is 18.8. The van der Waals surface area contributed by atoms with Crippen LogP contribution in [0.25, 0.3) is 21.5 Å². The predicted octanol–water partition coefficient (Wildman–Crippen LogP) is 6.16. The molecule has 186 valence electrons. The van der Waals surface area contributed by atoms with E-state index in [4.69, 9.17) is 24.4 Å². The molecule has 0 fully saturated rings. The van der Waals surface area contributed by atoms with Gasteiger partial charge >= 0.3 is 0 Å². The number of hydrogen-bond donors (Lipinski definition) is 0. The van der Waals surface area contributed by atoms with E-state index in [-0.39, 0.29) is 12.1 Å². The monoisotopic (exact) mass is 497 g/mol. The van der Waals surface area contributed by atoms with Gasteiger partial charge in [0.2, 0.25) is 11.8 Å². The summed E-state index contributed by atoms with van der Waals surface area (Å²) in [4.78, 5) is 14.6. The van der Waals surface area contributed by atoms with E-state index >= 15 is 0 Å². The molecule has 0 N–H and O–H groups in total. The van der Waals surface area contributed by atoms with Crippen LogP contribution in [0.5, 0.6) is 0 Å². The molecule has 0 saturated carbocycles. The summed E-state index contributed by atoms with van der Waals surface area (Å²) in [5.74, 6) is 1.17. The first-order valence-corrected chi connectivity index (χ1v) is 13.1. The van der Waals surface area contributed by atoms with Crippen LogP contribution in [0.15, 0.2) is 113 Å². The van der Waals surface area contributed by atoms with Crippen LogP contribution >= 0.6 is 0 Å². The first-order valence-electron chi connectivity index (χ1n) is 13.1. The lowest BCUT2D eigenvalue weighted by atomic mass is 9.99. The predicted molar refractivity (Wildman–Crippen MR) is 152 cm³/mol. The van der Waals surface area contributed by atoms with Gasteiger partial charge in [0.1, 0.15) is 24.6 Å². The van der Waals surface area contributed by atoms with Crippen LogP contribution in [0.4, 0.5) is 0 Å². The summed E-state index contributed by atoms with van der Waals surface area (Å²) in [6.07, 6.45) is 1.66. The number of aromatic nitrogens is 1. The summed E-state index contributed by atoms with van der Waals surface area (Å²) in [5, 5.41) is 5.04. The molecule has 3 heterocycles. The highest BCUT2D eigenvalue weighted by Gasteiger charge is 2.25. The lowest BCUT2D eigenvalue weighted by Crippen LogP contribution is -2.11. The Bertz CT molecular complexity index is 1570. The summed E-state index contributed by atoms with van der Waals surface area (Å²) >= 11 is 0. The second-order valence-electron chi connectivity index (χ2n) is 9.89. The second kappa shape index (κ2) is 9.75. The molecule has 0 amide bonds. The molecule has 0 bridgehead atoms. The van der Waals surface area contributed by atoms with Gasteiger partial charge in [0.05, 0.1) is 12.1 Å². The highest BCUT2D eigenvalue weighted by molar-refractivity contribution is 5.97. The smallest absolute Gasteiger partial charge is 0.235 e. The molecule has 0 spiro atoms. The Balaban J connectivity index is 1.08. The fourth-order valence-corrected chi connectivity index (χ4v) is 5.44. The van der Waals surface area contributed by atoms with Crippen molar-refractivity contribution in [2.24, 2.45) is 9.98 Å². The van der Waals surface area contributed by atoms with E-state index in [0.717, 1.165) is 12.8 Å². The van der Waals surface area contributed by atoms with Gasteiger partial charge in [-0.1, -0.05) is 91.0 Å².